The molecule has 1 unspecified atom stereocenters. The van der Waals surface area contributed by atoms with Crippen molar-refractivity contribution >= 4 is 5.78 Å². The lowest BCUT2D eigenvalue weighted by Crippen LogP contribution is -2.21. The molecule has 0 aliphatic heterocycles. The molecule has 0 N–H and O–H groups in total. The van der Waals surface area contributed by atoms with Gasteiger partial charge in [-0.25, -0.2) is 0 Å². The van der Waals surface area contributed by atoms with E-state index in [4.69, 9.17) is 9.47 Å². The third kappa shape index (κ3) is 4.48. The van der Waals surface area contributed by atoms with Gasteiger partial charge in [0.1, 0.15) is 5.78 Å². The van der Waals surface area contributed by atoms with Gasteiger partial charge in [0.05, 0.1) is 12.7 Å². The van der Waals surface area contributed by atoms with Crippen molar-refractivity contribution in [1.82, 2.24) is 0 Å². The lowest BCUT2D eigenvalue weighted by atomic mass is 9.84. The van der Waals surface area contributed by atoms with Crippen molar-refractivity contribution in [3.63, 3.8) is 0 Å². The van der Waals surface area contributed by atoms with Crippen LogP contribution in [-0.2, 0) is 11.2 Å². The number of carbonyl (C=O) groups excluding carboxylic acids is 1. The van der Waals surface area contributed by atoms with Crippen LogP contribution < -0.4 is 9.47 Å². The summed E-state index contributed by atoms with van der Waals surface area (Å²) in [4.78, 5) is 12.0. The Bertz CT molecular complexity index is 479. The van der Waals surface area contributed by atoms with Crippen LogP contribution in [0.5, 0.6) is 11.5 Å². The largest absolute Gasteiger partial charge is 0.490 e. The molecule has 1 atom stereocenters. The molecule has 0 radical (unpaired) electrons. The number of rotatable bonds is 6. The quantitative estimate of drug-likeness (QED) is 0.788. The Morgan fingerprint density at radius 1 is 1.24 bits per heavy atom. The zero-order valence-electron chi connectivity index (χ0n) is 13.4. The third-order valence-corrected chi connectivity index (χ3v) is 3.83. The van der Waals surface area contributed by atoms with Crippen molar-refractivity contribution in [3.8, 4) is 11.5 Å². The van der Waals surface area contributed by atoms with E-state index in [0.29, 0.717) is 12.4 Å². The summed E-state index contributed by atoms with van der Waals surface area (Å²) in [5, 5.41) is 0. The van der Waals surface area contributed by atoms with E-state index in [1.807, 2.05) is 32.9 Å². The van der Waals surface area contributed by atoms with Crippen LogP contribution in [0.2, 0.25) is 0 Å². The molecule has 116 valence electrons. The number of carbonyl (C=O) groups is 1. The second-order valence-electron chi connectivity index (χ2n) is 5.99. The lowest BCUT2D eigenvalue weighted by Gasteiger charge is -2.21. The Kier molecular flexibility index (Phi) is 5.66. The van der Waals surface area contributed by atoms with Gasteiger partial charge in [-0.1, -0.05) is 12.5 Å². The summed E-state index contributed by atoms with van der Waals surface area (Å²) >= 11 is 0. The van der Waals surface area contributed by atoms with E-state index >= 15 is 0 Å². The van der Waals surface area contributed by atoms with Gasteiger partial charge in [-0.15, -0.1) is 0 Å². The fraction of sp³-hybridized carbons (Fsp3) is 0.611. The molecule has 1 saturated carbocycles. The van der Waals surface area contributed by atoms with E-state index in [0.717, 1.165) is 42.7 Å². The molecule has 0 heterocycles. The first-order valence-corrected chi connectivity index (χ1v) is 8.05. The summed E-state index contributed by atoms with van der Waals surface area (Å²) in [6.07, 6.45) is 4.94. The summed E-state index contributed by atoms with van der Waals surface area (Å²) in [6, 6.07) is 6.05. The third-order valence-electron chi connectivity index (χ3n) is 3.83. The standard InChI is InChI=1S/C18H26O3/c1-4-20-18-12-14(9-10-17(18)21-13(2)3)11-15-7-5-6-8-16(15)19/h9-10,12-13,15H,4-8,11H2,1-3H3. The minimum Gasteiger partial charge on any atom is -0.490 e. The van der Waals surface area contributed by atoms with Gasteiger partial charge in [0.15, 0.2) is 11.5 Å². The second kappa shape index (κ2) is 7.48. The van der Waals surface area contributed by atoms with E-state index in [1.54, 1.807) is 0 Å². The van der Waals surface area contributed by atoms with Crippen molar-refractivity contribution in [2.75, 3.05) is 6.61 Å². The van der Waals surface area contributed by atoms with Crippen LogP contribution in [-0.4, -0.2) is 18.5 Å². The van der Waals surface area contributed by atoms with Gasteiger partial charge in [0, 0.05) is 12.3 Å². The second-order valence-corrected chi connectivity index (χ2v) is 5.99. The molecule has 0 saturated heterocycles. The topological polar surface area (TPSA) is 35.5 Å². The monoisotopic (exact) mass is 290 g/mol. The van der Waals surface area contributed by atoms with Crippen LogP contribution >= 0.6 is 0 Å². The fourth-order valence-electron chi connectivity index (χ4n) is 2.85. The van der Waals surface area contributed by atoms with Crippen LogP contribution in [0.4, 0.5) is 0 Å². The van der Waals surface area contributed by atoms with E-state index in [9.17, 15) is 4.79 Å². The molecule has 1 aromatic carbocycles. The molecule has 3 heteroatoms. The van der Waals surface area contributed by atoms with E-state index in [2.05, 4.69) is 6.07 Å². The van der Waals surface area contributed by atoms with Gasteiger partial charge in [-0.3, -0.25) is 4.79 Å². The molecule has 1 aromatic rings. The SMILES string of the molecule is CCOc1cc(CC2CCCCC2=O)ccc1OC(C)C. The Morgan fingerprint density at radius 2 is 2.05 bits per heavy atom. The van der Waals surface area contributed by atoms with Crippen LogP contribution in [0.25, 0.3) is 0 Å². The minimum atomic E-state index is 0.120. The van der Waals surface area contributed by atoms with E-state index in [1.165, 1.54) is 6.42 Å². The molecule has 1 fully saturated rings. The smallest absolute Gasteiger partial charge is 0.161 e. The number of ether oxygens (including phenoxy) is 2. The number of Topliss-reactive ketones (excluding diaryl/α,β-unsaturated/α-hetero) is 1. The first-order valence-electron chi connectivity index (χ1n) is 8.05. The molecular formula is C18H26O3. The average Bonchev–Trinajstić information content (AvgIpc) is 2.44. The lowest BCUT2D eigenvalue weighted by molar-refractivity contribution is -0.124. The predicted octanol–water partition coefficient (Wildman–Crippen LogP) is 4.17. The number of ketones is 1. The molecule has 0 aromatic heterocycles. The summed E-state index contributed by atoms with van der Waals surface area (Å²) in [6.45, 7) is 6.59. The van der Waals surface area contributed by atoms with Crippen LogP contribution in [0.1, 0.15) is 52.0 Å². The Balaban J connectivity index is 2.12. The van der Waals surface area contributed by atoms with Crippen LogP contribution in [0, 0.1) is 5.92 Å². The highest BCUT2D eigenvalue weighted by molar-refractivity contribution is 5.81. The van der Waals surface area contributed by atoms with Gasteiger partial charge in [-0.2, -0.15) is 0 Å². The molecule has 1 aliphatic carbocycles. The molecule has 0 spiro atoms. The van der Waals surface area contributed by atoms with Gasteiger partial charge < -0.3 is 9.47 Å². The summed E-state index contributed by atoms with van der Waals surface area (Å²) in [5.41, 5.74) is 1.16. The molecule has 1 aliphatic rings. The number of hydrogen-bond acceptors (Lipinski definition) is 3. The van der Waals surface area contributed by atoms with Crippen molar-refractivity contribution in [2.45, 2.75) is 59.0 Å². The van der Waals surface area contributed by atoms with Crippen LogP contribution in [0.15, 0.2) is 18.2 Å². The van der Waals surface area contributed by atoms with Crippen molar-refractivity contribution in [3.05, 3.63) is 23.8 Å². The molecule has 21 heavy (non-hydrogen) atoms. The van der Waals surface area contributed by atoms with Crippen molar-refractivity contribution in [1.29, 1.82) is 0 Å². The van der Waals surface area contributed by atoms with E-state index in [-0.39, 0.29) is 12.0 Å². The Labute approximate surface area is 127 Å². The highest BCUT2D eigenvalue weighted by atomic mass is 16.5. The van der Waals surface area contributed by atoms with Crippen molar-refractivity contribution in [2.24, 2.45) is 5.92 Å². The zero-order chi connectivity index (χ0) is 15.2. The first kappa shape index (κ1) is 15.9. The van der Waals surface area contributed by atoms with Gasteiger partial charge in [0.25, 0.3) is 0 Å². The maximum absolute atomic E-state index is 12.0. The van der Waals surface area contributed by atoms with Gasteiger partial charge in [-0.05, 0) is 57.7 Å². The molecule has 0 bridgehead atoms. The molecule has 3 nitrogen and oxygen atoms in total. The van der Waals surface area contributed by atoms with Gasteiger partial charge in [0.2, 0.25) is 0 Å². The maximum Gasteiger partial charge on any atom is 0.161 e. The highest BCUT2D eigenvalue weighted by Gasteiger charge is 2.22. The summed E-state index contributed by atoms with van der Waals surface area (Å²) in [5.74, 6) is 2.17. The molecular weight excluding hydrogens is 264 g/mol. The first-order chi connectivity index (χ1) is 10.1. The fourth-order valence-corrected chi connectivity index (χ4v) is 2.85. The normalized spacial score (nSPS) is 18.9. The van der Waals surface area contributed by atoms with Crippen LogP contribution in [0.3, 0.4) is 0 Å². The van der Waals surface area contributed by atoms with Crippen molar-refractivity contribution < 1.29 is 14.3 Å². The zero-order valence-corrected chi connectivity index (χ0v) is 13.4. The summed E-state index contributed by atoms with van der Waals surface area (Å²) < 4.78 is 11.5. The average molecular weight is 290 g/mol. The minimum absolute atomic E-state index is 0.120. The molecule has 2 rings (SSSR count). The van der Waals surface area contributed by atoms with E-state index < -0.39 is 0 Å². The number of benzene rings is 1. The highest BCUT2D eigenvalue weighted by Crippen LogP contribution is 2.32. The molecule has 0 amide bonds. The summed E-state index contributed by atoms with van der Waals surface area (Å²) in [7, 11) is 0. The number of hydrogen-bond donors (Lipinski definition) is 0. The van der Waals surface area contributed by atoms with Gasteiger partial charge >= 0.3 is 0 Å². The predicted molar refractivity (Wildman–Crippen MR) is 84.0 cm³/mol. The Morgan fingerprint density at radius 3 is 2.71 bits per heavy atom. The maximum atomic E-state index is 12.0. The Hall–Kier alpha value is -1.51.